The van der Waals surface area contributed by atoms with Gasteiger partial charge in [0, 0.05) is 24.9 Å². The molecule has 1 heterocycles. The molecule has 0 amide bonds. The molecular formula is C17H21FN2O. The minimum atomic E-state index is -0.276. The van der Waals surface area contributed by atoms with Gasteiger partial charge in [-0.1, -0.05) is 19.9 Å². The molecule has 1 N–H and O–H groups in total. The van der Waals surface area contributed by atoms with Crippen molar-refractivity contribution in [3.05, 3.63) is 53.5 Å². The normalized spacial score (nSPS) is 10.9. The number of hydrogen-bond acceptors (Lipinski definition) is 3. The number of halogens is 1. The first-order valence-corrected chi connectivity index (χ1v) is 7.14. The number of nitrogens with one attached hydrogen (secondary N) is 1. The van der Waals surface area contributed by atoms with Gasteiger partial charge in [-0.3, -0.25) is 0 Å². The highest BCUT2D eigenvalue weighted by molar-refractivity contribution is 5.32. The van der Waals surface area contributed by atoms with Crippen LogP contribution in [0.1, 0.15) is 25.0 Å². The zero-order chi connectivity index (χ0) is 15.2. The third-order valence-electron chi connectivity index (χ3n) is 3.05. The minimum Gasteiger partial charge on any atom is -0.439 e. The molecule has 0 spiro atoms. The van der Waals surface area contributed by atoms with Crippen LogP contribution < -0.4 is 10.1 Å². The van der Waals surface area contributed by atoms with Crippen molar-refractivity contribution >= 4 is 0 Å². The summed E-state index contributed by atoms with van der Waals surface area (Å²) in [6, 6.07) is 8.62. The minimum absolute atomic E-state index is 0.276. The predicted molar refractivity (Wildman–Crippen MR) is 82.0 cm³/mol. The van der Waals surface area contributed by atoms with Gasteiger partial charge in [0.15, 0.2) is 0 Å². The molecule has 0 aliphatic heterocycles. The maximum absolute atomic E-state index is 13.5. The first-order chi connectivity index (χ1) is 10.0. The molecule has 21 heavy (non-hydrogen) atoms. The lowest BCUT2D eigenvalue weighted by Gasteiger charge is -2.09. The quantitative estimate of drug-likeness (QED) is 0.870. The number of rotatable bonds is 6. The van der Waals surface area contributed by atoms with E-state index in [1.807, 2.05) is 12.1 Å². The highest BCUT2D eigenvalue weighted by Gasteiger charge is 2.04. The number of ether oxygens (including phenoxy) is 1. The predicted octanol–water partition coefficient (Wildman–Crippen LogP) is 4.07. The van der Waals surface area contributed by atoms with Gasteiger partial charge in [0.1, 0.15) is 11.6 Å². The molecule has 3 nitrogen and oxygen atoms in total. The SMILES string of the molecule is Cc1ccc(Oc2cc(CNCC(C)C)ccn2)cc1F. The van der Waals surface area contributed by atoms with Crippen LogP contribution in [0.5, 0.6) is 11.6 Å². The Kier molecular flexibility index (Phi) is 5.28. The van der Waals surface area contributed by atoms with Gasteiger partial charge in [-0.05, 0) is 42.6 Å². The van der Waals surface area contributed by atoms with E-state index in [0.29, 0.717) is 23.1 Å². The van der Waals surface area contributed by atoms with E-state index in [1.54, 1.807) is 25.3 Å². The summed E-state index contributed by atoms with van der Waals surface area (Å²) in [4.78, 5) is 4.16. The van der Waals surface area contributed by atoms with Crippen LogP contribution in [0.15, 0.2) is 36.5 Å². The van der Waals surface area contributed by atoms with Gasteiger partial charge in [0.25, 0.3) is 0 Å². The number of hydrogen-bond donors (Lipinski definition) is 1. The average molecular weight is 288 g/mol. The van der Waals surface area contributed by atoms with Crippen LogP contribution in [0, 0.1) is 18.7 Å². The number of aromatic nitrogens is 1. The Hall–Kier alpha value is -1.94. The monoisotopic (exact) mass is 288 g/mol. The molecule has 0 unspecified atom stereocenters. The molecule has 0 aliphatic carbocycles. The second-order valence-electron chi connectivity index (χ2n) is 5.54. The number of pyridine rings is 1. The van der Waals surface area contributed by atoms with Crippen molar-refractivity contribution in [1.29, 1.82) is 0 Å². The van der Waals surface area contributed by atoms with Crippen molar-refractivity contribution in [2.45, 2.75) is 27.3 Å². The molecule has 0 bridgehead atoms. The van der Waals surface area contributed by atoms with E-state index in [0.717, 1.165) is 18.7 Å². The summed E-state index contributed by atoms with van der Waals surface area (Å²) in [7, 11) is 0. The molecule has 0 fully saturated rings. The van der Waals surface area contributed by atoms with Gasteiger partial charge >= 0.3 is 0 Å². The van der Waals surface area contributed by atoms with Crippen molar-refractivity contribution in [1.82, 2.24) is 10.3 Å². The maximum Gasteiger partial charge on any atom is 0.219 e. The smallest absolute Gasteiger partial charge is 0.219 e. The largest absolute Gasteiger partial charge is 0.439 e. The van der Waals surface area contributed by atoms with Crippen LogP contribution >= 0.6 is 0 Å². The molecule has 4 heteroatoms. The van der Waals surface area contributed by atoms with E-state index in [1.165, 1.54) is 6.07 Å². The van der Waals surface area contributed by atoms with E-state index in [4.69, 9.17) is 4.74 Å². The second kappa shape index (κ2) is 7.18. The van der Waals surface area contributed by atoms with E-state index >= 15 is 0 Å². The second-order valence-corrected chi connectivity index (χ2v) is 5.54. The van der Waals surface area contributed by atoms with Gasteiger partial charge in [0.05, 0.1) is 0 Å². The Balaban J connectivity index is 2.01. The van der Waals surface area contributed by atoms with Crippen molar-refractivity contribution in [2.75, 3.05) is 6.54 Å². The Morgan fingerprint density at radius 3 is 2.76 bits per heavy atom. The fourth-order valence-electron chi connectivity index (χ4n) is 1.88. The fraction of sp³-hybridized carbons (Fsp3) is 0.353. The molecule has 0 atom stereocenters. The number of aryl methyl sites for hydroxylation is 1. The van der Waals surface area contributed by atoms with Gasteiger partial charge in [-0.25, -0.2) is 9.37 Å². The summed E-state index contributed by atoms with van der Waals surface area (Å²) in [5.41, 5.74) is 1.69. The molecule has 2 rings (SSSR count). The van der Waals surface area contributed by atoms with Crippen LogP contribution in [0.4, 0.5) is 4.39 Å². The number of nitrogens with zero attached hydrogens (tertiary/aromatic N) is 1. The zero-order valence-electron chi connectivity index (χ0n) is 12.7. The lowest BCUT2D eigenvalue weighted by molar-refractivity contribution is 0.456. The Bertz CT molecular complexity index is 599. The molecule has 1 aromatic heterocycles. The third kappa shape index (κ3) is 4.83. The topological polar surface area (TPSA) is 34.1 Å². The van der Waals surface area contributed by atoms with Crippen LogP contribution in [0.3, 0.4) is 0 Å². The lowest BCUT2D eigenvalue weighted by atomic mass is 10.2. The molecular weight excluding hydrogens is 267 g/mol. The molecule has 1 aromatic carbocycles. The lowest BCUT2D eigenvalue weighted by Crippen LogP contribution is -2.18. The maximum atomic E-state index is 13.5. The molecule has 0 aliphatic rings. The van der Waals surface area contributed by atoms with Crippen LogP contribution in [0.2, 0.25) is 0 Å². The zero-order valence-corrected chi connectivity index (χ0v) is 12.7. The van der Waals surface area contributed by atoms with Crippen molar-refractivity contribution < 1.29 is 9.13 Å². The van der Waals surface area contributed by atoms with Gasteiger partial charge in [0.2, 0.25) is 5.88 Å². The van der Waals surface area contributed by atoms with Crippen molar-refractivity contribution in [3.63, 3.8) is 0 Å². The van der Waals surface area contributed by atoms with E-state index in [2.05, 4.69) is 24.1 Å². The summed E-state index contributed by atoms with van der Waals surface area (Å²) >= 11 is 0. The Morgan fingerprint density at radius 1 is 1.24 bits per heavy atom. The fourth-order valence-corrected chi connectivity index (χ4v) is 1.88. The van der Waals surface area contributed by atoms with Gasteiger partial charge in [-0.2, -0.15) is 0 Å². The van der Waals surface area contributed by atoms with E-state index in [9.17, 15) is 4.39 Å². The van der Waals surface area contributed by atoms with Crippen molar-refractivity contribution in [2.24, 2.45) is 5.92 Å². The summed E-state index contributed by atoms with van der Waals surface area (Å²) in [6.07, 6.45) is 1.70. The first kappa shape index (κ1) is 15.4. The number of benzene rings is 1. The van der Waals surface area contributed by atoms with Crippen molar-refractivity contribution in [3.8, 4) is 11.6 Å². The molecule has 2 aromatic rings. The van der Waals surface area contributed by atoms with E-state index < -0.39 is 0 Å². The summed E-state index contributed by atoms with van der Waals surface area (Å²) < 4.78 is 19.1. The van der Waals surface area contributed by atoms with Crippen LogP contribution in [-0.4, -0.2) is 11.5 Å². The standard InChI is InChI=1S/C17H21FN2O/c1-12(2)10-19-11-14-6-7-20-17(8-14)21-15-5-4-13(3)16(18)9-15/h4-9,12,19H,10-11H2,1-3H3. The molecule has 112 valence electrons. The summed E-state index contributed by atoms with van der Waals surface area (Å²) in [6.45, 7) is 7.78. The highest BCUT2D eigenvalue weighted by Crippen LogP contribution is 2.22. The van der Waals surface area contributed by atoms with E-state index in [-0.39, 0.29) is 5.82 Å². The average Bonchev–Trinajstić information content (AvgIpc) is 2.43. The van der Waals surface area contributed by atoms with Crippen LogP contribution in [0.25, 0.3) is 0 Å². The molecule has 0 radical (unpaired) electrons. The molecule has 0 saturated heterocycles. The first-order valence-electron chi connectivity index (χ1n) is 7.14. The summed E-state index contributed by atoms with van der Waals surface area (Å²) in [5.74, 6) is 1.26. The third-order valence-corrected chi connectivity index (χ3v) is 3.05. The van der Waals surface area contributed by atoms with Crippen LogP contribution in [-0.2, 0) is 6.54 Å². The highest BCUT2D eigenvalue weighted by atomic mass is 19.1. The Labute approximate surface area is 125 Å². The molecule has 0 saturated carbocycles. The summed E-state index contributed by atoms with van der Waals surface area (Å²) in [5, 5.41) is 3.37. The van der Waals surface area contributed by atoms with Gasteiger partial charge in [-0.15, -0.1) is 0 Å². The Morgan fingerprint density at radius 2 is 2.05 bits per heavy atom. The van der Waals surface area contributed by atoms with Gasteiger partial charge < -0.3 is 10.1 Å².